The predicted octanol–water partition coefficient (Wildman–Crippen LogP) is 4.65. The summed E-state index contributed by atoms with van der Waals surface area (Å²) in [7, 11) is 0. The fourth-order valence-corrected chi connectivity index (χ4v) is 3.10. The van der Waals surface area contributed by atoms with Gasteiger partial charge in [-0.15, -0.1) is 11.3 Å². The van der Waals surface area contributed by atoms with Crippen LogP contribution in [0.4, 0.5) is 0 Å². The zero-order chi connectivity index (χ0) is 14.7. The fourth-order valence-electron chi connectivity index (χ4n) is 2.24. The van der Waals surface area contributed by atoms with Crippen LogP contribution in [0.2, 0.25) is 0 Å². The number of thiophene rings is 1. The highest BCUT2D eigenvalue weighted by molar-refractivity contribution is 7.10. The molecular weight excluding hydrogens is 266 g/mol. The number of nitrogens with two attached hydrogens (primary N) is 1. The van der Waals surface area contributed by atoms with E-state index in [4.69, 9.17) is 10.5 Å². The van der Waals surface area contributed by atoms with Gasteiger partial charge in [0, 0.05) is 10.9 Å². The van der Waals surface area contributed by atoms with E-state index in [1.54, 1.807) is 11.3 Å². The summed E-state index contributed by atoms with van der Waals surface area (Å²) in [6, 6.07) is 10.5. The second-order valence-corrected chi connectivity index (χ2v) is 6.59. The van der Waals surface area contributed by atoms with E-state index in [9.17, 15) is 0 Å². The van der Waals surface area contributed by atoms with E-state index in [1.165, 1.54) is 16.0 Å². The molecule has 1 aromatic heterocycles. The highest BCUT2D eigenvalue weighted by Crippen LogP contribution is 2.33. The summed E-state index contributed by atoms with van der Waals surface area (Å²) in [5, 5.41) is 2.06. The molecule has 1 heterocycles. The lowest BCUT2D eigenvalue weighted by molar-refractivity contribution is 0.181. The molecule has 2 rings (SSSR count). The zero-order valence-corrected chi connectivity index (χ0v) is 13.4. The molecule has 0 aliphatic carbocycles. The Labute approximate surface area is 125 Å². The molecule has 2 atom stereocenters. The Morgan fingerprint density at radius 2 is 1.90 bits per heavy atom. The number of rotatable bonds is 5. The minimum absolute atomic E-state index is 0.0471. The molecule has 0 fully saturated rings. The lowest BCUT2D eigenvalue weighted by Gasteiger charge is -2.24. The third kappa shape index (κ3) is 3.41. The quantitative estimate of drug-likeness (QED) is 0.869. The first-order valence-corrected chi connectivity index (χ1v) is 7.93. The average Bonchev–Trinajstić information content (AvgIpc) is 2.88. The van der Waals surface area contributed by atoms with Crippen LogP contribution in [-0.2, 0) is 0 Å². The smallest absolute Gasteiger partial charge is 0.148 e. The Hall–Kier alpha value is -1.32. The van der Waals surface area contributed by atoms with Crippen LogP contribution in [0.15, 0.2) is 35.7 Å². The number of hydrogen-bond acceptors (Lipinski definition) is 3. The molecule has 2 nitrogen and oxygen atoms in total. The second kappa shape index (κ2) is 6.42. The molecule has 108 valence electrons. The molecule has 0 amide bonds. The monoisotopic (exact) mass is 289 g/mol. The van der Waals surface area contributed by atoms with Crippen molar-refractivity contribution in [1.29, 1.82) is 0 Å². The summed E-state index contributed by atoms with van der Waals surface area (Å²) in [4.78, 5) is 1.18. The molecule has 0 aliphatic rings. The van der Waals surface area contributed by atoms with Crippen LogP contribution in [-0.4, -0.2) is 6.04 Å². The van der Waals surface area contributed by atoms with Gasteiger partial charge in [-0.05, 0) is 48.4 Å². The normalized spacial score (nSPS) is 14.3. The maximum Gasteiger partial charge on any atom is 0.148 e. The summed E-state index contributed by atoms with van der Waals surface area (Å²) < 4.78 is 6.28. The molecule has 3 heteroatoms. The van der Waals surface area contributed by atoms with Crippen molar-refractivity contribution in [1.82, 2.24) is 0 Å². The average molecular weight is 289 g/mol. The van der Waals surface area contributed by atoms with Gasteiger partial charge in [0.05, 0.1) is 0 Å². The van der Waals surface area contributed by atoms with E-state index >= 15 is 0 Å². The third-order valence-corrected chi connectivity index (χ3v) is 4.28. The van der Waals surface area contributed by atoms with Gasteiger partial charge in [0.15, 0.2) is 0 Å². The Morgan fingerprint density at radius 3 is 2.45 bits per heavy atom. The van der Waals surface area contributed by atoms with E-state index in [1.807, 2.05) is 13.0 Å². The molecule has 0 bridgehead atoms. The van der Waals surface area contributed by atoms with Gasteiger partial charge in [0.25, 0.3) is 0 Å². The number of aryl methyl sites for hydroxylation is 1. The van der Waals surface area contributed by atoms with Gasteiger partial charge in [-0.2, -0.15) is 0 Å². The van der Waals surface area contributed by atoms with Crippen LogP contribution in [0.3, 0.4) is 0 Å². The van der Waals surface area contributed by atoms with Crippen LogP contribution in [0.25, 0.3) is 0 Å². The Bertz CT molecular complexity index is 546. The number of benzene rings is 1. The van der Waals surface area contributed by atoms with Crippen molar-refractivity contribution in [2.45, 2.75) is 45.8 Å². The van der Waals surface area contributed by atoms with Crippen molar-refractivity contribution in [2.75, 3.05) is 0 Å². The Kier molecular flexibility index (Phi) is 4.84. The van der Waals surface area contributed by atoms with Crippen LogP contribution in [0, 0.1) is 6.92 Å². The van der Waals surface area contributed by atoms with Crippen LogP contribution in [0.5, 0.6) is 5.75 Å². The second-order valence-electron chi connectivity index (χ2n) is 5.61. The van der Waals surface area contributed by atoms with Crippen LogP contribution >= 0.6 is 11.3 Å². The van der Waals surface area contributed by atoms with E-state index < -0.39 is 0 Å². The van der Waals surface area contributed by atoms with Gasteiger partial charge in [0.1, 0.15) is 11.9 Å². The molecule has 0 saturated carbocycles. The highest BCUT2D eigenvalue weighted by Gasteiger charge is 2.21. The van der Waals surface area contributed by atoms with Gasteiger partial charge in [-0.25, -0.2) is 0 Å². The molecule has 1 aromatic carbocycles. The lowest BCUT2D eigenvalue weighted by atomic mass is 10.0. The molecule has 0 radical (unpaired) electrons. The zero-order valence-electron chi connectivity index (χ0n) is 12.6. The molecule has 20 heavy (non-hydrogen) atoms. The molecule has 0 aliphatic heterocycles. The van der Waals surface area contributed by atoms with Gasteiger partial charge in [-0.3, -0.25) is 0 Å². The minimum Gasteiger partial charge on any atom is -0.483 e. The van der Waals surface area contributed by atoms with Crippen molar-refractivity contribution in [3.63, 3.8) is 0 Å². The predicted molar refractivity (Wildman–Crippen MR) is 86.6 cm³/mol. The summed E-state index contributed by atoms with van der Waals surface area (Å²) in [6.45, 7) is 8.45. The summed E-state index contributed by atoms with van der Waals surface area (Å²) >= 11 is 1.69. The van der Waals surface area contributed by atoms with Crippen molar-refractivity contribution in [3.8, 4) is 5.75 Å². The third-order valence-electron chi connectivity index (χ3n) is 3.35. The van der Waals surface area contributed by atoms with E-state index in [2.05, 4.69) is 50.4 Å². The summed E-state index contributed by atoms with van der Waals surface area (Å²) in [5.41, 5.74) is 8.56. The maximum atomic E-state index is 6.28. The maximum absolute atomic E-state index is 6.28. The van der Waals surface area contributed by atoms with Crippen LogP contribution < -0.4 is 10.5 Å². The Morgan fingerprint density at radius 1 is 1.15 bits per heavy atom. The molecule has 2 N–H and O–H groups in total. The van der Waals surface area contributed by atoms with E-state index in [-0.39, 0.29) is 12.1 Å². The largest absolute Gasteiger partial charge is 0.483 e. The first kappa shape index (κ1) is 15.1. The van der Waals surface area contributed by atoms with E-state index in [0.717, 1.165) is 5.75 Å². The van der Waals surface area contributed by atoms with Crippen molar-refractivity contribution in [2.24, 2.45) is 5.73 Å². The van der Waals surface area contributed by atoms with Gasteiger partial charge in [0.2, 0.25) is 0 Å². The van der Waals surface area contributed by atoms with Gasteiger partial charge in [-0.1, -0.05) is 32.0 Å². The summed E-state index contributed by atoms with van der Waals surface area (Å²) in [5.74, 6) is 1.39. The molecule has 2 unspecified atom stereocenters. The van der Waals surface area contributed by atoms with Crippen molar-refractivity contribution >= 4 is 11.3 Å². The topological polar surface area (TPSA) is 35.2 Å². The Balaban J connectivity index is 2.33. The van der Waals surface area contributed by atoms with Gasteiger partial charge < -0.3 is 10.5 Å². The summed E-state index contributed by atoms with van der Waals surface area (Å²) in [6.07, 6.45) is -0.0886. The van der Waals surface area contributed by atoms with Crippen molar-refractivity contribution in [3.05, 3.63) is 51.7 Å². The standard InChI is InChI=1S/C17H23NOS/c1-11(2)14-8-7-12(3)10-15(14)19-17(13(4)18)16-6-5-9-20-16/h5-11,13,17H,18H2,1-4H3. The van der Waals surface area contributed by atoms with E-state index in [0.29, 0.717) is 5.92 Å². The van der Waals surface area contributed by atoms with Gasteiger partial charge >= 0.3 is 0 Å². The number of hydrogen-bond donors (Lipinski definition) is 1. The minimum atomic E-state index is -0.0886. The first-order chi connectivity index (χ1) is 9.49. The van der Waals surface area contributed by atoms with Crippen LogP contribution in [0.1, 0.15) is 48.8 Å². The molecule has 0 saturated heterocycles. The fraction of sp³-hybridized carbons (Fsp3) is 0.412. The SMILES string of the molecule is Cc1ccc(C(C)C)c(OC(c2cccs2)C(C)N)c1. The molecular formula is C17H23NOS. The lowest BCUT2D eigenvalue weighted by Crippen LogP contribution is -2.28. The molecule has 0 spiro atoms. The van der Waals surface area contributed by atoms with Crippen molar-refractivity contribution < 1.29 is 4.74 Å². The highest BCUT2D eigenvalue weighted by atomic mass is 32.1. The molecule has 2 aromatic rings. The number of ether oxygens (including phenoxy) is 1. The first-order valence-electron chi connectivity index (χ1n) is 7.05.